The summed E-state index contributed by atoms with van der Waals surface area (Å²) >= 11 is 6.43. The molecule has 1 aliphatic rings. The third kappa shape index (κ3) is 4.59. The Kier molecular flexibility index (Phi) is 6.55. The summed E-state index contributed by atoms with van der Waals surface area (Å²) in [5.41, 5.74) is 11.9. The second kappa shape index (κ2) is 9.72. The van der Waals surface area contributed by atoms with Gasteiger partial charge in [-0.2, -0.15) is 10.5 Å². The second-order valence-corrected chi connectivity index (χ2v) is 8.37. The molecule has 0 bridgehead atoms. The molecule has 3 aromatic rings. The second-order valence-electron chi connectivity index (χ2n) is 7.96. The fraction of sp³-hybridized carbons (Fsp3) is 0.111. The lowest BCUT2D eigenvalue weighted by Gasteiger charge is -2.11. The molecule has 0 fully saturated rings. The topological polar surface area (TPSA) is 126 Å². The molecule has 1 amide bonds. The average Bonchev–Trinajstić information content (AvgIpc) is 3.09. The minimum absolute atomic E-state index is 0.191. The lowest BCUT2D eigenvalue weighted by molar-refractivity contribution is -0.364. The molecule has 8 heteroatoms. The number of nitrogens with one attached hydrogen (secondary N) is 2. The molecule has 0 atom stereocenters. The van der Waals surface area contributed by atoms with Crippen LogP contribution >= 0.6 is 11.6 Å². The Morgan fingerprint density at radius 1 is 1.17 bits per heavy atom. The van der Waals surface area contributed by atoms with Crippen LogP contribution in [0.1, 0.15) is 34.9 Å². The number of pyridine rings is 1. The number of nitrogens with zero attached hydrogens (tertiary/aromatic N) is 2. The third-order valence-electron chi connectivity index (χ3n) is 5.73. The van der Waals surface area contributed by atoms with Crippen molar-refractivity contribution in [1.82, 2.24) is 0 Å². The maximum absolute atomic E-state index is 12.2. The van der Waals surface area contributed by atoms with Crippen molar-refractivity contribution in [2.24, 2.45) is 0 Å². The number of fused-ring (bicyclic) bond motifs is 1. The predicted octanol–water partition coefficient (Wildman–Crippen LogP) is 4.79. The number of benzene rings is 2. The van der Waals surface area contributed by atoms with Crippen LogP contribution in [0.2, 0.25) is 5.02 Å². The van der Waals surface area contributed by atoms with E-state index in [-0.39, 0.29) is 18.3 Å². The van der Waals surface area contributed by atoms with Crippen molar-refractivity contribution in [1.29, 1.82) is 10.5 Å². The summed E-state index contributed by atoms with van der Waals surface area (Å²) in [4.78, 5) is 15.2. The minimum atomic E-state index is -0.301. The number of rotatable bonds is 5. The van der Waals surface area contributed by atoms with Gasteiger partial charge in [0.05, 0.1) is 5.02 Å². The summed E-state index contributed by atoms with van der Waals surface area (Å²) in [6, 6.07) is 18.7. The van der Waals surface area contributed by atoms with Gasteiger partial charge in [-0.25, -0.2) is 4.98 Å². The molecule has 0 saturated carbocycles. The van der Waals surface area contributed by atoms with Crippen molar-refractivity contribution in [2.45, 2.75) is 13.8 Å². The van der Waals surface area contributed by atoms with E-state index in [1.165, 1.54) is 0 Å². The van der Waals surface area contributed by atoms with Gasteiger partial charge < -0.3 is 10.1 Å². The number of aromatic amines is 1. The summed E-state index contributed by atoms with van der Waals surface area (Å²) in [6.07, 6.45) is 1.90. The normalized spacial score (nSPS) is 13.2. The summed E-state index contributed by atoms with van der Waals surface area (Å²) in [7, 11) is 0. The number of nitriles is 2. The van der Waals surface area contributed by atoms with Crippen LogP contribution in [0.25, 0.3) is 17.2 Å². The van der Waals surface area contributed by atoms with Gasteiger partial charge in [-0.3, -0.25) is 10.5 Å². The number of carbonyl (C=O) groups excluding carboxylic acids is 1. The lowest BCUT2D eigenvalue weighted by atomic mass is 9.95. The highest BCUT2D eigenvalue weighted by Crippen LogP contribution is 2.43. The Bertz CT molecular complexity index is 1490. The number of nitrogen functional groups attached to an aromatic ring is 1. The summed E-state index contributed by atoms with van der Waals surface area (Å²) in [6.45, 7) is 3.47. The van der Waals surface area contributed by atoms with E-state index < -0.39 is 0 Å². The smallest absolute Gasteiger partial charge is 0.289 e. The molecule has 172 valence electrons. The van der Waals surface area contributed by atoms with E-state index in [2.05, 4.69) is 22.4 Å². The molecule has 7 nitrogen and oxygen atoms in total. The molecule has 1 aromatic heterocycles. The first-order valence-electron chi connectivity index (χ1n) is 10.7. The quantitative estimate of drug-likeness (QED) is 0.540. The SMILES string of the molecule is CC1=C(C#N)c2[nH+]c(N)c(C#N)c(C)c2C1=Cc1ccc(OCC(=O)Nc2ccccc2)c(Cl)c1. The van der Waals surface area contributed by atoms with Gasteiger partial charge in [-0.1, -0.05) is 35.9 Å². The van der Waals surface area contributed by atoms with Crippen molar-refractivity contribution in [2.75, 3.05) is 17.7 Å². The maximum atomic E-state index is 12.2. The molecule has 0 radical (unpaired) electrons. The van der Waals surface area contributed by atoms with Crippen molar-refractivity contribution < 1.29 is 14.5 Å². The van der Waals surface area contributed by atoms with E-state index in [1.807, 2.05) is 44.2 Å². The number of carbonyl (C=O) groups is 1. The number of halogens is 1. The Morgan fingerprint density at radius 3 is 2.57 bits per heavy atom. The summed E-state index contributed by atoms with van der Waals surface area (Å²) in [5.74, 6) is 0.300. The van der Waals surface area contributed by atoms with Crippen LogP contribution in [0.15, 0.2) is 54.1 Å². The van der Waals surface area contributed by atoms with Crippen molar-refractivity contribution in [3.05, 3.63) is 87.1 Å². The first-order valence-corrected chi connectivity index (χ1v) is 11.1. The fourth-order valence-electron chi connectivity index (χ4n) is 4.02. The molecule has 0 unspecified atom stereocenters. The monoisotopic (exact) mass is 482 g/mol. The summed E-state index contributed by atoms with van der Waals surface area (Å²) in [5, 5.41) is 22.3. The van der Waals surface area contributed by atoms with E-state index in [0.717, 1.165) is 22.3 Å². The predicted molar refractivity (Wildman–Crippen MR) is 135 cm³/mol. The van der Waals surface area contributed by atoms with Crippen molar-refractivity contribution in [3.63, 3.8) is 0 Å². The number of ether oxygens (including phenoxy) is 1. The Balaban J connectivity index is 1.60. The zero-order chi connectivity index (χ0) is 25.1. The Labute approximate surface area is 207 Å². The molecule has 4 N–H and O–H groups in total. The van der Waals surface area contributed by atoms with Gasteiger partial charge in [0.2, 0.25) is 0 Å². The highest BCUT2D eigenvalue weighted by molar-refractivity contribution is 6.32. The van der Waals surface area contributed by atoms with Crippen LogP contribution < -0.4 is 20.8 Å². The van der Waals surface area contributed by atoms with E-state index in [9.17, 15) is 15.3 Å². The minimum Gasteiger partial charge on any atom is -0.482 e. The highest BCUT2D eigenvalue weighted by atomic mass is 35.5. The molecular weight excluding hydrogens is 462 g/mol. The zero-order valence-electron chi connectivity index (χ0n) is 19.1. The molecule has 0 saturated heterocycles. The number of amides is 1. The first-order chi connectivity index (χ1) is 16.8. The third-order valence-corrected chi connectivity index (χ3v) is 6.03. The number of hydrogen-bond donors (Lipinski definition) is 2. The summed E-state index contributed by atoms with van der Waals surface area (Å²) < 4.78 is 5.60. The van der Waals surface area contributed by atoms with Crippen LogP contribution in [0.5, 0.6) is 5.75 Å². The van der Waals surface area contributed by atoms with Gasteiger partial charge in [0.15, 0.2) is 12.3 Å². The van der Waals surface area contributed by atoms with E-state index in [4.69, 9.17) is 22.1 Å². The first kappa shape index (κ1) is 23.6. The number of anilines is 2. The number of hydrogen-bond acceptors (Lipinski definition) is 5. The fourth-order valence-corrected chi connectivity index (χ4v) is 4.27. The zero-order valence-corrected chi connectivity index (χ0v) is 19.8. The van der Waals surface area contributed by atoms with Gasteiger partial charge in [0.1, 0.15) is 29.0 Å². The lowest BCUT2D eigenvalue weighted by Crippen LogP contribution is -2.20. The molecule has 2 aromatic carbocycles. The van der Waals surface area contributed by atoms with Gasteiger partial charge >= 0.3 is 0 Å². The van der Waals surface area contributed by atoms with Crippen LogP contribution in [0, 0.1) is 29.6 Å². The van der Waals surface area contributed by atoms with Gasteiger partial charge in [-0.05, 0) is 66.5 Å². The van der Waals surface area contributed by atoms with Gasteiger partial charge in [-0.15, -0.1) is 0 Å². The average molecular weight is 483 g/mol. The molecule has 35 heavy (non-hydrogen) atoms. The Morgan fingerprint density at radius 2 is 1.91 bits per heavy atom. The van der Waals surface area contributed by atoms with E-state index in [0.29, 0.717) is 38.9 Å². The number of nitrogens with two attached hydrogens (primary N) is 1. The molecule has 1 heterocycles. The van der Waals surface area contributed by atoms with E-state index in [1.54, 1.807) is 24.3 Å². The van der Waals surface area contributed by atoms with Crippen LogP contribution in [-0.4, -0.2) is 12.5 Å². The van der Waals surface area contributed by atoms with Crippen LogP contribution in [0.3, 0.4) is 0 Å². The van der Waals surface area contributed by atoms with Crippen molar-refractivity contribution in [3.8, 4) is 17.9 Å². The molecule has 4 rings (SSSR count). The number of allylic oxidation sites excluding steroid dienone is 3. The van der Waals surface area contributed by atoms with Gasteiger partial charge in [0.25, 0.3) is 11.7 Å². The number of aromatic nitrogens is 1. The highest BCUT2D eigenvalue weighted by Gasteiger charge is 2.32. The van der Waals surface area contributed by atoms with Crippen molar-refractivity contribution >= 4 is 46.2 Å². The van der Waals surface area contributed by atoms with Gasteiger partial charge in [0, 0.05) is 11.3 Å². The largest absolute Gasteiger partial charge is 0.482 e. The number of H-pyrrole nitrogens is 1. The maximum Gasteiger partial charge on any atom is 0.289 e. The molecular formula is C27H21ClN5O2+. The molecule has 0 spiro atoms. The number of para-hydroxylation sites is 1. The van der Waals surface area contributed by atoms with E-state index >= 15 is 0 Å². The Hall–Kier alpha value is -4.59. The molecule has 0 aliphatic heterocycles. The molecule has 1 aliphatic carbocycles. The van der Waals surface area contributed by atoms with Crippen LogP contribution in [-0.2, 0) is 4.79 Å². The van der Waals surface area contributed by atoms with Crippen LogP contribution in [0.4, 0.5) is 11.5 Å². The standard InChI is InChI=1S/C27H20ClN5O2/c1-15-19(25-16(2)21(13-30)27(31)33-26(25)20(15)12-29)10-17-8-9-23(22(28)11-17)35-14-24(34)32-18-6-4-3-5-7-18/h3-11H,14H2,1-2H3,(H2,31,33)(H,32,34)/p+1.